The summed E-state index contributed by atoms with van der Waals surface area (Å²) in [5.41, 5.74) is 1.13. The second kappa shape index (κ2) is 6.47. The van der Waals surface area contributed by atoms with E-state index in [2.05, 4.69) is 35.8 Å². The summed E-state index contributed by atoms with van der Waals surface area (Å²) in [6, 6.07) is 10.7. The van der Waals surface area contributed by atoms with Gasteiger partial charge < -0.3 is 0 Å². The molecule has 0 amide bonds. The van der Waals surface area contributed by atoms with E-state index >= 15 is 0 Å². The van der Waals surface area contributed by atoms with Crippen molar-refractivity contribution in [2.24, 2.45) is 0 Å². The summed E-state index contributed by atoms with van der Waals surface area (Å²) in [4.78, 5) is 2.54. The minimum Gasteiger partial charge on any atom is -0.290 e. The van der Waals surface area contributed by atoms with Crippen LogP contribution in [0.3, 0.4) is 0 Å². The third kappa shape index (κ3) is 3.61. The number of nitrogens with zero attached hydrogens (tertiary/aromatic N) is 1. The van der Waals surface area contributed by atoms with Crippen molar-refractivity contribution in [2.45, 2.75) is 38.6 Å². The van der Waals surface area contributed by atoms with E-state index in [-0.39, 0.29) is 0 Å². The second-order valence-electron chi connectivity index (χ2n) is 4.66. The molecule has 1 fully saturated rings. The van der Waals surface area contributed by atoms with Gasteiger partial charge in [0.2, 0.25) is 0 Å². The van der Waals surface area contributed by atoms with Crippen molar-refractivity contribution in [3.8, 4) is 11.8 Å². The summed E-state index contributed by atoms with van der Waals surface area (Å²) in [7, 11) is 0. The zero-order chi connectivity index (χ0) is 11.9. The molecular weight excluding hydrogens is 206 g/mol. The topological polar surface area (TPSA) is 3.24 Å². The molecule has 0 aliphatic carbocycles. The third-order valence-corrected chi connectivity index (χ3v) is 3.38. The SMILES string of the molecule is CCC(C#Cc1ccccc1)N1CCCCC1. The number of rotatable bonds is 2. The van der Waals surface area contributed by atoms with Gasteiger partial charge in [-0.15, -0.1) is 0 Å². The molecule has 1 atom stereocenters. The highest BCUT2D eigenvalue weighted by molar-refractivity contribution is 5.34. The fraction of sp³-hybridized carbons (Fsp3) is 0.500. The Labute approximate surface area is 105 Å². The van der Waals surface area contributed by atoms with Gasteiger partial charge in [0.25, 0.3) is 0 Å². The molecule has 1 unspecified atom stereocenters. The average Bonchev–Trinajstić information content (AvgIpc) is 2.42. The lowest BCUT2D eigenvalue weighted by Crippen LogP contribution is -2.38. The van der Waals surface area contributed by atoms with Crippen molar-refractivity contribution < 1.29 is 0 Å². The highest BCUT2D eigenvalue weighted by atomic mass is 15.1. The van der Waals surface area contributed by atoms with Gasteiger partial charge in [0.1, 0.15) is 0 Å². The Morgan fingerprint density at radius 3 is 2.47 bits per heavy atom. The smallest absolute Gasteiger partial charge is 0.0715 e. The highest BCUT2D eigenvalue weighted by Gasteiger charge is 2.16. The first kappa shape index (κ1) is 12.2. The van der Waals surface area contributed by atoms with Crippen molar-refractivity contribution in [2.75, 3.05) is 13.1 Å². The number of hydrogen-bond donors (Lipinski definition) is 0. The Kier molecular flexibility index (Phi) is 4.64. The van der Waals surface area contributed by atoms with Gasteiger partial charge in [0.15, 0.2) is 0 Å². The zero-order valence-electron chi connectivity index (χ0n) is 10.7. The maximum Gasteiger partial charge on any atom is 0.0715 e. The lowest BCUT2D eigenvalue weighted by molar-refractivity contribution is 0.193. The minimum atomic E-state index is 0.440. The van der Waals surface area contributed by atoms with Gasteiger partial charge >= 0.3 is 0 Å². The van der Waals surface area contributed by atoms with E-state index < -0.39 is 0 Å². The van der Waals surface area contributed by atoms with Crippen LogP contribution in [0.15, 0.2) is 30.3 Å². The summed E-state index contributed by atoms with van der Waals surface area (Å²) >= 11 is 0. The fourth-order valence-electron chi connectivity index (χ4n) is 2.37. The Hall–Kier alpha value is -1.26. The van der Waals surface area contributed by atoms with Gasteiger partial charge in [-0.3, -0.25) is 4.90 Å². The summed E-state index contributed by atoms with van der Waals surface area (Å²) in [5, 5.41) is 0. The number of benzene rings is 1. The van der Waals surface area contributed by atoms with Crippen LogP contribution in [-0.2, 0) is 0 Å². The van der Waals surface area contributed by atoms with Crippen LogP contribution in [0, 0.1) is 11.8 Å². The molecule has 0 saturated carbocycles. The normalized spacial score (nSPS) is 18.2. The summed E-state index contributed by atoms with van der Waals surface area (Å²) in [6.07, 6.45) is 5.19. The molecular formula is C16H21N. The molecule has 1 nitrogen and oxygen atoms in total. The number of hydrogen-bond acceptors (Lipinski definition) is 1. The van der Waals surface area contributed by atoms with E-state index in [1.807, 2.05) is 18.2 Å². The molecule has 2 rings (SSSR count). The predicted molar refractivity (Wildman–Crippen MR) is 72.8 cm³/mol. The van der Waals surface area contributed by atoms with E-state index in [1.54, 1.807) is 0 Å². The molecule has 0 radical (unpaired) electrons. The van der Waals surface area contributed by atoms with Crippen LogP contribution in [0.2, 0.25) is 0 Å². The number of likely N-dealkylation sites (tertiary alicyclic amines) is 1. The zero-order valence-corrected chi connectivity index (χ0v) is 10.7. The second-order valence-corrected chi connectivity index (χ2v) is 4.66. The van der Waals surface area contributed by atoms with Crippen LogP contribution in [0.5, 0.6) is 0 Å². The van der Waals surface area contributed by atoms with E-state index in [1.165, 1.54) is 32.4 Å². The van der Waals surface area contributed by atoms with Crippen molar-refractivity contribution >= 4 is 0 Å². The molecule has 17 heavy (non-hydrogen) atoms. The molecule has 1 aromatic carbocycles. The fourth-order valence-corrected chi connectivity index (χ4v) is 2.37. The summed E-state index contributed by atoms with van der Waals surface area (Å²) in [5.74, 6) is 6.73. The minimum absolute atomic E-state index is 0.440. The Bertz CT molecular complexity index is 379. The molecule has 1 aliphatic heterocycles. The van der Waals surface area contributed by atoms with Gasteiger partial charge in [0, 0.05) is 5.56 Å². The Morgan fingerprint density at radius 1 is 1.12 bits per heavy atom. The van der Waals surface area contributed by atoms with Crippen LogP contribution >= 0.6 is 0 Å². The Morgan fingerprint density at radius 2 is 1.82 bits per heavy atom. The molecule has 0 N–H and O–H groups in total. The predicted octanol–water partition coefficient (Wildman–Crippen LogP) is 3.30. The molecule has 1 heteroatoms. The quantitative estimate of drug-likeness (QED) is 0.701. The Balaban J connectivity index is 2.02. The van der Waals surface area contributed by atoms with E-state index in [0.29, 0.717) is 6.04 Å². The summed E-state index contributed by atoms with van der Waals surface area (Å²) in [6.45, 7) is 4.68. The van der Waals surface area contributed by atoms with Gasteiger partial charge in [0.05, 0.1) is 6.04 Å². The molecule has 0 bridgehead atoms. The molecule has 0 aromatic heterocycles. The third-order valence-electron chi connectivity index (χ3n) is 3.38. The van der Waals surface area contributed by atoms with Gasteiger partial charge in [-0.05, 0) is 44.5 Å². The van der Waals surface area contributed by atoms with Crippen LogP contribution in [-0.4, -0.2) is 24.0 Å². The molecule has 1 aliphatic rings. The lowest BCUT2D eigenvalue weighted by atomic mass is 10.1. The van der Waals surface area contributed by atoms with Crippen molar-refractivity contribution in [1.82, 2.24) is 4.90 Å². The van der Waals surface area contributed by atoms with Crippen LogP contribution in [0.25, 0.3) is 0 Å². The average molecular weight is 227 g/mol. The van der Waals surface area contributed by atoms with Gasteiger partial charge in [-0.1, -0.05) is 43.4 Å². The van der Waals surface area contributed by atoms with Crippen molar-refractivity contribution in [3.63, 3.8) is 0 Å². The first-order valence-corrected chi connectivity index (χ1v) is 6.71. The summed E-state index contributed by atoms with van der Waals surface area (Å²) < 4.78 is 0. The van der Waals surface area contributed by atoms with Crippen molar-refractivity contribution in [1.29, 1.82) is 0 Å². The van der Waals surface area contributed by atoms with Crippen LogP contribution < -0.4 is 0 Å². The molecule has 1 heterocycles. The molecule has 1 aromatic rings. The monoisotopic (exact) mass is 227 g/mol. The molecule has 0 spiro atoms. The first-order chi connectivity index (χ1) is 8.40. The number of piperidine rings is 1. The van der Waals surface area contributed by atoms with E-state index in [0.717, 1.165) is 12.0 Å². The molecule has 90 valence electrons. The lowest BCUT2D eigenvalue weighted by Gasteiger charge is -2.30. The van der Waals surface area contributed by atoms with Crippen LogP contribution in [0.4, 0.5) is 0 Å². The largest absolute Gasteiger partial charge is 0.290 e. The molecule has 1 saturated heterocycles. The van der Waals surface area contributed by atoms with Gasteiger partial charge in [-0.25, -0.2) is 0 Å². The standard InChI is InChI=1S/C16H21N/c1-2-16(17-13-7-4-8-14-17)12-11-15-9-5-3-6-10-15/h3,5-6,9-10,16H,2,4,7-8,13-14H2,1H3. The van der Waals surface area contributed by atoms with Gasteiger partial charge in [-0.2, -0.15) is 0 Å². The van der Waals surface area contributed by atoms with E-state index in [4.69, 9.17) is 0 Å². The van der Waals surface area contributed by atoms with E-state index in [9.17, 15) is 0 Å². The maximum absolute atomic E-state index is 3.43. The van der Waals surface area contributed by atoms with Crippen LogP contribution in [0.1, 0.15) is 38.2 Å². The maximum atomic E-state index is 3.43. The first-order valence-electron chi connectivity index (χ1n) is 6.71. The van der Waals surface area contributed by atoms with Crippen molar-refractivity contribution in [3.05, 3.63) is 35.9 Å². The highest BCUT2D eigenvalue weighted by Crippen LogP contribution is 2.13.